The van der Waals surface area contributed by atoms with Crippen LogP contribution in [0.3, 0.4) is 0 Å². The predicted octanol–water partition coefficient (Wildman–Crippen LogP) is 1.70. The van der Waals surface area contributed by atoms with Crippen LogP contribution in [0.1, 0.15) is 31.4 Å². The van der Waals surface area contributed by atoms with Crippen LogP contribution in [0.4, 0.5) is 0 Å². The molecule has 1 aromatic heterocycles. The topological polar surface area (TPSA) is 82.1 Å². The Bertz CT molecular complexity index is 659. The number of rotatable bonds is 1. The number of fused-ring (bicyclic) bond motifs is 1. The van der Waals surface area contributed by atoms with Crippen molar-refractivity contribution in [2.45, 2.75) is 31.4 Å². The number of hydrogen-bond donors (Lipinski definition) is 2. The van der Waals surface area contributed by atoms with Crippen LogP contribution in [0.15, 0.2) is 18.5 Å². The smallest absolute Gasteiger partial charge is 0.119 e. The summed E-state index contributed by atoms with van der Waals surface area (Å²) < 4.78 is 1.92. The predicted molar refractivity (Wildman–Crippen MR) is 65.0 cm³/mol. The van der Waals surface area contributed by atoms with E-state index in [1.165, 1.54) is 6.07 Å². The second kappa shape index (κ2) is 3.47. The highest BCUT2D eigenvalue weighted by Crippen LogP contribution is 2.42. The third kappa shape index (κ3) is 1.54. The molecule has 5 nitrogen and oxygen atoms in total. The molecule has 2 N–H and O–H groups in total. The molecule has 0 atom stereocenters. The molecule has 1 aliphatic carbocycles. The van der Waals surface area contributed by atoms with Crippen molar-refractivity contribution in [1.82, 2.24) is 9.55 Å². The molecule has 1 aromatic carbocycles. The fraction of sp³-hybridized carbons (Fsp3) is 0.385. The van der Waals surface area contributed by atoms with Gasteiger partial charge in [-0.05, 0) is 25.8 Å². The van der Waals surface area contributed by atoms with Gasteiger partial charge >= 0.3 is 0 Å². The highest BCUT2D eigenvalue weighted by molar-refractivity contribution is 5.83. The zero-order chi connectivity index (χ0) is 12.9. The SMILES string of the molecule is C[C@]1(O)C[C@@H](n2cnc3cc(O)cc(C#N)c32)C1. The minimum Gasteiger partial charge on any atom is -0.508 e. The molecular weight excluding hydrogens is 230 g/mol. The molecular formula is C13H13N3O2. The average Bonchev–Trinajstić information content (AvgIpc) is 2.67. The first-order valence-corrected chi connectivity index (χ1v) is 5.82. The van der Waals surface area contributed by atoms with Crippen LogP contribution in [0.5, 0.6) is 5.75 Å². The zero-order valence-corrected chi connectivity index (χ0v) is 9.96. The molecule has 0 spiro atoms. The van der Waals surface area contributed by atoms with Crippen LogP contribution in [-0.4, -0.2) is 25.4 Å². The highest BCUT2D eigenvalue weighted by Gasteiger charge is 2.40. The number of aromatic hydroxyl groups is 1. The highest BCUT2D eigenvalue weighted by atomic mass is 16.3. The van der Waals surface area contributed by atoms with Gasteiger partial charge in [-0.2, -0.15) is 5.26 Å². The molecule has 0 radical (unpaired) electrons. The third-order valence-electron chi connectivity index (χ3n) is 3.52. The Balaban J connectivity index is 2.12. The largest absolute Gasteiger partial charge is 0.508 e. The van der Waals surface area contributed by atoms with Gasteiger partial charge in [-0.25, -0.2) is 4.98 Å². The second-order valence-corrected chi connectivity index (χ2v) is 5.18. The summed E-state index contributed by atoms with van der Waals surface area (Å²) in [5, 5.41) is 28.4. The number of nitriles is 1. The maximum absolute atomic E-state index is 9.79. The maximum atomic E-state index is 9.79. The minimum absolute atomic E-state index is 0.0462. The van der Waals surface area contributed by atoms with Gasteiger partial charge in [-0.3, -0.25) is 0 Å². The van der Waals surface area contributed by atoms with Gasteiger partial charge in [0.2, 0.25) is 0 Å². The van der Waals surface area contributed by atoms with Crippen LogP contribution in [0, 0.1) is 11.3 Å². The summed E-state index contributed by atoms with van der Waals surface area (Å²) in [5.74, 6) is 0.0462. The lowest BCUT2D eigenvalue weighted by Gasteiger charge is -2.41. The van der Waals surface area contributed by atoms with E-state index in [1.54, 1.807) is 19.3 Å². The zero-order valence-electron chi connectivity index (χ0n) is 9.96. The molecule has 3 rings (SSSR count). The van der Waals surface area contributed by atoms with Crippen LogP contribution in [0.25, 0.3) is 11.0 Å². The minimum atomic E-state index is -0.620. The van der Waals surface area contributed by atoms with Crippen LogP contribution in [0.2, 0.25) is 0 Å². The van der Waals surface area contributed by atoms with Crippen molar-refractivity contribution in [2.75, 3.05) is 0 Å². The Morgan fingerprint density at radius 2 is 2.22 bits per heavy atom. The van der Waals surface area contributed by atoms with Gasteiger partial charge < -0.3 is 14.8 Å². The van der Waals surface area contributed by atoms with Crippen molar-refractivity contribution in [3.8, 4) is 11.8 Å². The van der Waals surface area contributed by atoms with E-state index in [0.717, 1.165) is 5.52 Å². The quantitative estimate of drug-likeness (QED) is 0.798. The van der Waals surface area contributed by atoms with Gasteiger partial charge in [-0.1, -0.05) is 0 Å². The van der Waals surface area contributed by atoms with E-state index in [-0.39, 0.29) is 11.8 Å². The number of hydrogen-bond acceptors (Lipinski definition) is 4. The van der Waals surface area contributed by atoms with Crippen molar-refractivity contribution in [2.24, 2.45) is 0 Å². The summed E-state index contributed by atoms with van der Waals surface area (Å²) in [7, 11) is 0. The number of phenols is 1. The molecule has 0 aliphatic heterocycles. The van der Waals surface area contributed by atoms with Gasteiger partial charge in [0.25, 0.3) is 0 Å². The Labute approximate surface area is 104 Å². The summed E-state index contributed by atoms with van der Waals surface area (Å²) in [4.78, 5) is 4.21. The van der Waals surface area contributed by atoms with E-state index < -0.39 is 5.60 Å². The number of imidazole rings is 1. The Morgan fingerprint density at radius 1 is 1.50 bits per heavy atom. The number of aromatic nitrogens is 2. The van der Waals surface area contributed by atoms with E-state index in [0.29, 0.717) is 23.9 Å². The fourth-order valence-electron chi connectivity index (χ4n) is 2.67. The lowest BCUT2D eigenvalue weighted by Crippen LogP contribution is -2.41. The van der Waals surface area contributed by atoms with Crippen molar-refractivity contribution in [3.63, 3.8) is 0 Å². The summed E-state index contributed by atoms with van der Waals surface area (Å²) in [6.45, 7) is 1.81. The number of aliphatic hydroxyl groups is 1. The van der Waals surface area contributed by atoms with E-state index in [1.807, 2.05) is 4.57 Å². The molecule has 1 saturated carbocycles. The van der Waals surface area contributed by atoms with Gasteiger partial charge in [0.15, 0.2) is 0 Å². The first-order chi connectivity index (χ1) is 8.50. The number of nitrogens with zero attached hydrogens (tertiary/aromatic N) is 3. The normalized spacial score (nSPS) is 26.8. The summed E-state index contributed by atoms with van der Waals surface area (Å²) in [6.07, 6.45) is 2.99. The molecule has 0 saturated heterocycles. The molecule has 0 amide bonds. The molecule has 18 heavy (non-hydrogen) atoms. The van der Waals surface area contributed by atoms with Gasteiger partial charge in [0.05, 0.1) is 28.5 Å². The molecule has 1 fully saturated rings. The van der Waals surface area contributed by atoms with Gasteiger partial charge in [0.1, 0.15) is 11.8 Å². The summed E-state index contributed by atoms with van der Waals surface area (Å²) in [5.41, 5.74) is 1.13. The summed E-state index contributed by atoms with van der Waals surface area (Å²) in [6, 6.07) is 5.23. The Morgan fingerprint density at radius 3 is 2.83 bits per heavy atom. The molecule has 0 bridgehead atoms. The lowest BCUT2D eigenvalue weighted by atomic mass is 9.77. The monoisotopic (exact) mass is 243 g/mol. The van der Waals surface area contributed by atoms with Gasteiger partial charge in [-0.15, -0.1) is 0 Å². The molecule has 1 heterocycles. The Kier molecular flexibility index (Phi) is 2.13. The van der Waals surface area contributed by atoms with Crippen molar-refractivity contribution in [1.29, 1.82) is 5.26 Å². The van der Waals surface area contributed by atoms with Crippen molar-refractivity contribution in [3.05, 3.63) is 24.0 Å². The number of phenolic OH excluding ortho intramolecular Hbond substituents is 1. The molecule has 0 unspecified atom stereocenters. The fourth-order valence-corrected chi connectivity index (χ4v) is 2.67. The Hall–Kier alpha value is -2.06. The summed E-state index contributed by atoms with van der Waals surface area (Å²) >= 11 is 0. The average molecular weight is 243 g/mol. The standard InChI is InChI=1S/C13H13N3O2/c1-13(18)4-9(5-13)16-7-15-11-3-10(17)2-8(6-14)12(11)16/h2-3,7,9,17-18H,4-5H2,1H3/t9-,13+. The maximum Gasteiger partial charge on any atom is 0.119 e. The lowest BCUT2D eigenvalue weighted by molar-refractivity contribution is -0.0498. The van der Waals surface area contributed by atoms with Crippen LogP contribution in [-0.2, 0) is 0 Å². The molecule has 5 heteroatoms. The molecule has 92 valence electrons. The van der Waals surface area contributed by atoms with E-state index in [2.05, 4.69) is 11.1 Å². The van der Waals surface area contributed by atoms with E-state index in [9.17, 15) is 10.2 Å². The first-order valence-electron chi connectivity index (χ1n) is 5.82. The molecule has 2 aromatic rings. The van der Waals surface area contributed by atoms with Crippen molar-refractivity contribution < 1.29 is 10.2 Å². The van der Waals surface area contributed by atoms with Crippen LogP contribution >= 0.6 is 0 Å². The van der Waals surface area contributed by atoms with E-state index in [4.69, 9.17) is 5.26 Å². The molecule has 1 aliphatic rings. The van der Waals surface area contributed by atoms with Gasteiger partial charge in [0, 0.05) is 12.1 Å². The van der Waals surface area contributed by atoms with E-state index >= 15 is 0 Å². The second-order valence-electron chi connectivity index (χ2n) is 5.18. The number of benzene rings is 1. The van der Waals surface area contributed by atoms with Crippen molar-refractivity contribution >= 4 is 11.0 Å². The third-order valence-corrected chi connectivity index (χ3v) is 3.52. The van der Waals surface area contributed by atoms with Crippen LogP contribution < -0.4 is 0 Å². The first kappa shape index (κ1) is 11.1.